The number of nitrogens with two attached hydrogens (primary N) is 1. The van der Waals surface area contributed by atoms with Gasteiger partial charge in [-0.2, -0.15) is 0 Å². The van der Waals surface area contributed by atoms with E-state index in [-0.39, 0.29) is 17.4 Å². The molecule has 1 aromatic rings. The van der Waals surface area contributed by atoms with Crippen LogP contribution in [0.1, 0.15) is 49.9 Å². The second-order valence-corrected chi connectivity index (χ2v) is 6.04. The summed E-state index contributed by atoms with van der Waals surface area (Å²) in [5, 5.41) is 9.40. The normalized spacial score (nSPS) is 19.1. The summed E-state index contributed by atoms with van der Waals surface area (Å²) in [5.41, 5.74) is 6.64. The molecule has 2 rings (SSSR count). The molecule has 0 spiro atoms. The molecule has 0 radical (unpaired) electrons. The molecule has 4 nitrogen and oxygen atoms in total. The van der Waals surface area contributed by atoms with E-state index < -0.39 is 5.97 Å². The molecule has 0 unspecified atom stereocenters. The van der Waals surface area contributed by atoms with E-state index in [1.54, 1.807) is 0 Å². The average molecular weight is 263 g/mol. The monoisotopic (exact) mass is 263 g/mol. The van der Waals surface area contributed by atoms with Gasteiger partial charge < -0.3 is 15.6 Å². The van der Waals surface area contributed by atoms with Gasteiger partial charge in [-0.1, -0.05) is 13.8 Å². The predicted octanol–water partition coefficient (Wildman–Crippen LogP) is 3.10. The average Bonchev–Trinajstić information content (AvgIpc) is 2.35. The van der Waals surface area contributed by atoms with E-state index in [0.29, 0.717) is 11.1 Å². The molecule has 1 aliphatic rings. The Morgan fingerprint density at radius 1 is 1.37 bits per heavy atom. The molecule has 0 saturated heterocycles. The first kappa shape index (κ1) is 13.7. The molecule has 0 aliphatic heterocycles. The van der Waals surface area contributed by atoms with E-state index in [1.807, 2.05) is 0 Å². The fourth-order valence-corrected chi connectivity index (χ4v) is 2.43. The number of aromatic hydroxyl groups is 1. The van der Waals surface area contributed by atoms with E-state index in [4.69, 9.17) is 10.5 Å². The number of hydrogen-bond acceptors (Lipinski definition) is 4. The van der Waals surface area contributed by atoms with Crippen LogP contribution < -0.4 is 5.73 Å². The quantitative estimate of drug-likeness (QED) is 0.488. The predicted molar refractivity (Wildman–Crippen MR) is 74.0 cm³/mol. The summed E-state index contributed by atoms with van der Waals surface area (Å²) >= 11 is 0. The van der Waals surface area contributed by atoms with Gasteiger partial charge in [0.2, 0.25) is 0 Å². The molecule has 0 amide bonds. The maximum atomic E-state index is 12.0. The Labute approximate surface area is 113 Å². The van der Waals surface area contributed by atoms with Crippen LogP contribution in [0.15, 0.2) is 18.2 Å². The van der Waals surface area contributed by atoms with Crippen LogP contribution in [0.5, 0.6) is 5.75 Å². The number of anilines is 1. The van der Waals surface area contributed by atoms with E-state index >= 15 is 0 Å². The number of carbonyl (C=O) groups excluding carboxylic acids is 1. The number of nitrogen functional groups attached to an aromatic ring is 1. The third-order valence-electron chi connectivity index (χ3n) is 3.82. The van der Waals surface area contributed by atoms with Crippen molar-refractivity contribution < 1.29 is 14.6 Å². The van der Waals surface area contributed by atoms with Gasteiger partial charge in [-0.25, -0.2) is 4.79 Å². The summed E-state index contributed by atoms with van der Waals surface area (Å²) < 4.78 is 5.48. The van der Waals surface area contributed by atoms with Crippen LogP contribution in [-0.4, -0.2) is 17.2 Å². The fraction of sp³-hybridized carbons (Fsp3) is 0.533. The Bertz CT molecular complexity index is 472. The van der Waals surface area contributed by atoms with Crippen LogP contribution >= 0.6 is 0 Å². The fourth-order valence-electron chi connectivity index (χ4n) is 2.43. The first-order valence-corrected chi connectivity index (χ1v) is 6.67. The number of ether oxygens (including phenoxy) is 1. The zero-order chi connectivity index (χ0) is 14.0. The number of carbonyl (C=O) groups is 1. The Balaban J connectivity index is 2.00. The second kappa shape index (κ2) is 5.11. The summed E-state index contributed by atoms with van der Waals surface area (Å²) in [5.74, 6) is -0.427. The second-order valence-electron chi connectivity index (χ2n) is 6.04. The molecule has 19 heavy (non-hydrogen) atoms. The number of phenolic OH excluding ortho intramolecular Hbond substituents is 1. The van der Waals surface area contributed by atoms with Crippen molar-refractivity contribution in [1.82, 2.24) is 0 Å². The van der Waals surface area contributed by atoms with Gasteiger partial charge in [-0.3, -0.25) is 0 Å². The molecule has 0 heterocycles. The third kappa shape index (κ3) is 3.40. The minimum absolute atomic E-state index is 0.0194. The first-order chi connectivity index (χ1) is 8.87. The van der Waals surface area contributed by atoms with Crippen molar-refractivity contribution in [3.63, 3.8) is 0 Å². The number of phenols is 1. The van der Waals surface area contributed by atoms with Gasteiger partial charge in [-0.15, -0.1) is 0 Å². The van der Waals surface area contributed by atoms with Crippen LogP contribution in [0.2, 0.25) is 0 Å². The van der Waals surface area contributed by atoms with Crippen LogP contribution in [0, 0.1) is 5.41 Å². The Hall–Kier alpha value is -1.71. The molecular formula is C15H21NO3. The summed E-state index contributed by atoms with van der Waals surface area (Å²) in [6.45, 7) is 4.47. The van der Waals surface area contributed by atoms with Gasteiger partial charge in [0.05, 0.1) is 5.56 Å². The largest absolute Gasteiger partial charge is 0.508 e. The van der Waals surface area contributed by atoms with Crippen molar-refractivity contribution in [3.05, 3.63) is 23.8 Å². The lowest BCUT2D eigenvalue weighted by Crippen LogP contribution is -2.28. The van der Waals surface area contributed by atoms with Crippen molar-refractivity contribution in [3.8, 4) is 5.75 Å². The summed E-state index contributed by atoms with van der Waals surface area (Å²) in [6.07, 6.45) is 3.85. The lowest BCUT2D eigenvalue weighted by molar-refractivity contribution is 0.00959. The molecule has 1 aromatic carbocycles. The van der Waals surface area contributed by atoms with Crippen molar-refractivity contribution in [2.24, 2.45) is 5.41 Å². The maximum Gasteiger partial charge on any atom is 0.340 e. The molecule has 4 heteroatoms. The molecule has 0 atom stereocenters. The van der Waals surface area contributed by atoms with Gasteiger partial charge in [0.15, 0.2) is 0 Å². The lowest BCUT2D eigenvalue weighted by Gasteiger charge is -2.33. The highest BCUT2D eigenvalue weighted by Crippen LogP contribution is 2.36. The molecule has 1 saturated carbocycles. The molecule has 0 aromatic heterocycles. The third-order valence-corrected chi connectivity index (χ3v) is 3.82. The van der Waals surface area contributed by atoms with Gasteiger partial charge in [-0.05, 0) is 49.3 Å². The number of esters is 1. The van der Waals surface area contributed by atoms with Gasteiger partial charge in [0.1, 0.15) is 11.9 Å². The Kier molecular flexibility index (Phi) is 3.69. The van der Waals surface area contributed by atoms with Crippen molar-refractivity contribution in [1.29, 1.82) is 0 Å². The summed E-state index contributed by atoms with van der Waals surface area (Å²) in [6, 6.07) is 4.32. The van der Waals surface area contributed by atoms with Gasteiger partial charge >= 0.3 is 5.97 Å². The first-order valence-electron chi connectivity index (χ1n) is 6.67. The molecule has 1 aliphatic carbocycles. The zero-order valence-electron chi connectivity index (χ0n) is 11.5. The highest BCUT2D eigenvalue weighted by molar-refractivity contribution is 5.95. The van der Waals surface area contributed by atoms with E-state index in [0.717, 1.165) is 25.7 Å². The van der Waals surface area contributed by atoms with Crippen LogP contribution in [0.4, 0.5) is 5.69 Å². The molecule has 0 bridgehead atoms. The maximum absolute atomic E-state index is 12.0. The van der Waals surface area contributed by atoms with Crippen molar-refractivity contribution in [2.45, 2.75) is 45.6 Å². The highest BCUT2D eigenvalue weighted by atomic mass is 16.5. The molecular weight excluding hydrogens is 242 g/mol. The van der Waals surface area contributed by atoms with E-state index in [9.17, 15) is 9.90 Å². The SMILES string of the molecule is CC1(C)CCC(OC(=O)c2cc(O)ccc2N)CC1. The van der Waals surface area contributed by atoms with Crippen LogP contribution in [0.3, 0.4) is 0 Å². The Morgan fingerprint density at radius 3 is 2.63 bits per heavy atom. The minimum atomic E-state index is -0.446. The van der Waals surface area contributed by atoms with E-state index in [1.165, 1.54) is 18.2 Å². The van der Waals surface area contributed by atoms with Crippen LogP contribution in [0.25, 0.3) is 0 Å². The number of benzene rings is 1. The molecule has 3 N–H and O–H groups in total. The number of hydrogen-bond donors (Lipinski definition) is 2. The van der Waals surface area contributed by atoms with Crippen molar-refractivity contribution >= 4 is 11.7 Å². The zero-order valence-corrected chi connectivity index (χ0v) is 11.5. The summed E-state index contributed by atoms with van der Waals surface area (Å²) in [7, 11) is 0. The molecule has 1 fully saturated rings. The van der Waals surface area contributed by atoms with Crippen LogP contribution in [-0.2, 0) is 4.74 Å². The lowest BCUT2D eigenvalue weighted by atomic mass is 9.76. The Morgan fingerprint density at radius 2 is 2.00 bits per heavy atom. The standard InChI is InChI=1S/C15H21NO3/c1-15(2)7-5-11(6-8-15)19-14(18)12-9-10(17)3-4-13(12)16/h3-4,9,11,17H,5-8,16H2,1-2H3. The summed E-state index contributed by atoms with van der Waals surface area (Å²) in [4.78, 5) is 12.0. The topological polar surface area (TPSA) is 72.5 Å². The van der Waals surface area contributed by atoms with E-state index in [2.05, 4.69) is 13.8 Å². The molecule has 104 valence electrons. The minimum Gasteiger partial charge on any atom is -0.508 e. The highest BCUT2D eigenvalue weighted by Gasteiger charge is 2.29. The van der Waals surface area contributed by atoms with Gasteiger partial charge in [0.25, 0.3) is 0 Å². The smallest absolute Gasteiger partial charge is 0.340 e. The van der Waals surface area contributed by atoms with Crippen molar-refractivity contribution in [2.75, 3.05) is 5.73 Å². The van der Waals surface area contributed by atoms with Gasteiger partial charge in [0, 0.05) is 5.69 Å². The number of rotatable bonds is 2.